The molecule has 10 aromatic carbocycles. The SMILES string of the molecule is c1ccc(-c2ccc(-c3nc(-c4ccc(-c5ccc(-c6ccc(-c7ccc8oc9ccccc9c8c7)c7ccccc67)cc5)cc4)nc(-c4ccccc4-c4ccccc4)n3)cc2)cc1. The first-order chi connectivity index (χ1) is 32.2. The van der Waals surface area contributed by atoms with Crippen molar-refractivity contribution in [2.45, 2.75) is 0 Å². The summed E-state index contributed by atoms with van der Waals surface area (Å²) in [7, 11) is 0. The van der Waals surface area contributed by atoms with Gasteiger partial charge in [0.05, 0.1) is 0 Å². The molecule has 0 unspecified atom stereocenters. The molecular weight excluding hydrogens is 791 g/mol. The second-order valence-electron chi connectivity index (χ2n) is 16.3. The normalized spacial score (nSPS) is 11.4. The maximum atomic E-state index is 6.14. The first-order valence-corrected chi connectivity index (χ1v) is 21.9. The number of rotatable bonds is 8. The summed E-state index contributed by atoms with van der Waals surface area (Å²) in [4.78, 5) is 15.4. The molecule has 12 rings (SSSR count). The van der Waals surface area contributed by atoms with Gasteiger partial charge in [0.25, 0.3) is 0 Å². The zero-order valence-corrected chi connectivity index (χ0v) is 35.3. The average Bonchev–Trinajstić information content (AvgIpc) is 3.77. The smallest absolute Gasteiger partial charge is 0.164 e. The zero-order chi connectivity index (χ0) is 43.1. The minimum Gasteiger partial charge on any atom is -0.456 e. The van der Waals surface area contributed by atoms with Crippen LogP contribution in [0.4, 0.5) is 0 Å². The molecule has 0 bridgehead atoms. The predicted octanol–water partition coefficient (Wildman–Crippen LogP) is 16.3. The van der Waals surface area contributed by atoms with Gasteiger partial charge >= 0.3 is 0 Å². The molecule has 304 valence electrons. The van der Waals surface area contributed by atoms with E-state index in [4.69, 9.17) is 19.4 Å². The van der Waals surface area contributed by atoms with Crippen molar-refractivity contribution in [2.24, 2.45) is 0 Å². The fourth-order valence-electron chi connectivity index (χ4n) is 9.09. The van der Waals surface area contributed by atoms with Crippen LogP contribution in [0.3, 0.4) is 0 Å². The third-order valence-corrected chi connectivity index (χ3v) is 12.4. The van der Waals surface area contributed by atoms with Crippen molar-refractivity contribution in [1.29, 1.82) is 0 Å². The molecule has 0 amide bonds. The highest BCUT2D eigenvalue weighted by atomic mass is 16.3. The number of furan rings is 1. The number of nitrogens with zero attached hydrogens (tertiary/aromatic N) is 3. The summed E-state index contributed by atoms with van der Waals surface area (Å²) in [6, 6.07) is 83.0. The highest BCUT2D eigenvalue weighted by Gasteiger charge is 2.17. The van der Waals surface area contributed by atoms with Gasteiger partial charge in [0.15, 0.2) is 17.5 Å². The molecule has 65 heavy (non-hydrogen) atoms. The topological polar surface area (TPSA) is 51.8 Å². The zero-order valence-electron chi connectivity index (χ0n) is 35.3. The van der Waals surface area contributed by atoms with Crippen molar-refractivity contribution in [2.75, 3.05) is 0 Å². The van der Waals surface area contributed by atoms with Crippen LogP contribution in [0.5, 0.6) is 0 Å². The first-order valence-electron chi connectivity index (χ1n) is 21.9. The van der Waals surface area contributed by atoms with E-state index in [2.05, 4.69) is 206 Å². The second-order valence-corrected chi connectivity index (χ2v) is 16.3. The molecule has 0 aliphatic rings. The molecule has 2 aromatic heterocycles. The Bertz CT molecular complexity index is 3670. The molecule has 2 heterocycles. The number of aromatic nitrogens is 3. The molecule has 0 aliphatic heterocycles. The van der Waals surface area contributed by atoms with E-state index >= 15 is 0 Å². The van der Waals surface area contributed by atoms with E-state index in [0.29, 0.717) is 17.5 Å². The summed E-state index contributed by atoms with van der Waals surface area (Å²) in [5, 5.41) is 4.70. The van der Waals surface area contributed by atoms with Crippen LogP contribution in [0.2, 0.25) is 0 Å². The van der Waals surface area contributed by atoms with E-state index < -0.39 is 0 Å². The lowest BCUT2D eigenvalue weighted by atomic mass is 9.91. The lowest BCUT2D eigenvalue weighted by molar-refractivity contribution is 0.669. The third-order valence-electron chi connectivity index (χ3n) is 12.4. The molecule has 0 aliphatic carbocycles. The molecule has 0 saturated heterocycles. The number of hydrogen-bond donors (Lipinski definition) is 0. The Hall–Kier alpha value is -8.73. The average molecular weight is 830 g/mol. The van der Waals surface area contributed by atoms with Crippen LogP contribution in [-0.2, 0) is 0 Å². The van der Waals surface area contributed by atoms with Gasteiger partial charge in [-0.3, -0.25) is 0 Å². The van der Waals surface area contributed by atoms with Crippen molar-refractivity contribution in [3.63, 3.8) is 0 Å². The highest BCUT2D eigenvalue weighted by Crippen LogP contribution is 2.39. The van der Waals surface area contributed by atoms with Gasteiger partial charge in [-0.2, -0.15) is 0 Å². The first kappa shape index (κ1) is 38.0. The van der Waals surface area contributed by atoms with E-state index in [0.717, 1.165) is 66.4 Å². The Morgan fingerprint density at radius 3 is 1.20 bits per heavy atom. The predicted molar refractivity (Wildman–Crippen MR) is 268 cm³/mol. The Morgan fingerprint density at radius 1 is 0.215 bits per heavy atom. The molecule has 0 fully saturated rings. The minimum atomic E-state index is 0.621. The molecular formula is C61H39N3O. The molecule has 0 N–H and O–H groups in total. The van der Waals surface area contributed by atoms with Gasteiger partial charge in [-0.1, -0.05) is 218 Å². The maximum absolute atomic E-state index is 6.14. The van der Waals surface area contributed by atoms with Crippen LogP contribution in [0.15, 0.2) is 241 Å². The van der Waals surface area contributed by atoms with Gasteiger partial charge < -0.3 is 4.42 Å². The van der Waals surface area contributed by atoms with Gasteiger partial charge in [-0.15, -0.1) is 0 Å². The summed E-state index contributed by atoms with van der Waals surface area (Å²) in [6.45, 7) is 0. The Labute approximate surface area is 376 Å². The summed E-state index contributed by atoms with van der Waals surface area (Å²) in [5.41, 5.74) is 16.1. The quantitative estimate of drug-likeness (QED) is 0.153. The fourth-order valence-corrected chi connectivity index (χ4v) is 9.09. The fraction of sp³-hybridized carbons (Fsp3) is 0. The summed E-state index contributed by atoms with van der Waals surface area (Å²) >= 11 is 0. The second kappa shape index (κ2) is 16.2. The van der Waals surface area contributed by atoms with E-state index in [-0.39, 0.29) is 0 Å². The van der Waals surface area contributed by atoms with Crippen molar-refractivity contribution in [3.05, 3.63) is 237 Å². The van der Waals surface area contributed by atoms with Crippen LogP contribution < -0.4 is 0 Å². The largest absolute Gasteiger partial charge is 0.456 e. The van der Waals surface area contributed by atoms with Crippen molar-refractivity contribution in [1.82, 2.24) is 15.0 Å². The van der Waals surface area contributed by atoms with Crippen LogP contribution in [0, 0.1) is 0 Å². The maximum Gasteiger partial charge on any atom is 0.164 e. The van der Waals surface area contributed by atoms with Gasteiger partial charge in [0.2, 0.25) is 0 Å². The van der Waals surface area contributed by atoms with Crippen LogP contribution in [-0.4, -0.2) is 15.0 Å². The standard InChI is InChI=1S/C61H39N3O/c1-3-13-40(14-4-1)41-25-31-46(32-26-41)59-62-60(64-61(63-59)55-21-10-7-17-49(55)44-15-5-2-6-16-44)47-33-27-43(28-34-47)42-23-29-45(30-24-42)50-36-37-51(53-19-9-8-18-52(50)53)48-35-38-58-56(39-48)54-20-11-12-22-57(54)65-58/h1-39H. The summed E-state index contributed by atoms with van der Waals surface area (Å²) in [5.74, 6) is 1.88. The summed E-state index contributed by atoms with van der Waals surface area (Å²) < 4.78 is 6.14. The number of benzene rings is 10. The molecule has 4 nitrogen and oxygen atoms in total. The van der Waals surface area contributed by atoms with E-state index in [1.54, 1.807) is 0 Å². The lowest BCUT2D eigenvalue weighted by Crippen LogP contribution is -2.01. The summed E-state index contributed by atoms with van der Waals surface area (Å²) in [6.07, 6.45) is 0. The molecule has 0 atom stereocenters. The molecule has 12 aromatic rings. The molecule has 0 radical (unpaired) electrons. The van der Waals surface area contributed by atoms with Crippen LogP contribution in [0.25, 0.3) is 123 Å². The van der Waals surface area contributed by atoms with E-state index in [9.17, 15) is 0 Å². The van der Waals surface area contributed by atoms with Gasteiger partial charge in [0.1, 0.15) is 11.2 Å². The Morgan fingerprint density at radius 2 is 0.600 bits per heavy atom. The molecule has 0 spiro atoms. The number of para-hydroxylation sites is 1. The number of hydrogen-bond acceptors (Lipinski definition) is 4. The Balaban J connectivity index is 0.871. The number of fused-ring (bicyclic) bond motifs is 4. The van der Waals surface area contributed by atoms with Crippen molar-refractivity contribution < 1.29 is 4.42 Å². The van der Waals surface area contributed by atoms with Gasteiger partial charge in [0, 0.05) is 27.5 Å². The third kappa shape index (κ3) is 7.13. The molecule has 4 heteroatoms. The van der Waals surface area contributed by atoms with Crippen LogP contribution in [0.1, 0.15) is 0 Å². The molecule has 0 saturated carbocycles. The van der Waals surface area contributed by atoms with Crippen molar-refractivity contribution >= 4 is 32.7 Å². The highest BCUT2D eigenvalue weighted by molar-refractivity contribution is 6.09. The monoisotopic (exact) mass is 829 g/mol. The lowest BCUT2D eigenvalue weighted by Gasteiger charge is -2.13. The van der Waals surface area contributed by atoms with Crippen molar-refractivity contribution in [3.8, 4) is 89.8 Å². The van der Waals surface area contributed by atoms with E-state index in [1.807, 2.05) is 30.3 Å². The minimum absolute atomic E-state index is 0.621. The van der Waals surface area contributed by atoms with Crippen LogP contribution >= 0.6 is 0 Å². The van der Waals surface area contributed by atoms with Gasteiger partial charge in [-0.05, 0) is 84.6 Å². The van der Waals surface area contributed by atoms with Gasteiger partial charge in [-0.25, -0.2) is 15.0 Å². The Kier molecular flexibility index (Phi) is 9.46. The van der Waals surface area contributed by atoms with E-state index in [1.165, 1.54) is 38.6 Å².